The van der Waals surface area contributed by atoms with Crippen LogP contribution in [0.4, 0.5) is 11.5 Å². The Labute approximate surface area is 120 Å². The van der Waals surface area contributed by atoms with E-state index in [-0.39, 0.29) is 0 Å². The van der Waals surface area contributed by atoms with E-state index in [1.165, 1.54) is 0 Å². The molecule has 0 bridgehead atoms. The zero-order valence-electron chi connectivity index (χ0n) is 11.1. The molecule has 0 amide bonds. The van der Waals surface area contributed by atoms with Crippen molar-refractivity contribution in [1.82, 2.24) is 19.6 Å². The van der Waals surface area contributed by atoms with Crippen molar-refractivity contribution in [2.75, 3.05) is 11.5 Å². The Morgan fingerprint density at radius 1 is 0.857 bits per heavy atom. The second kappa shape index (κ2) is 4.17. The molecule has 0 saturated heterocycles. The molecule has 4 aromatic rings. The van der Waals surface area contributed by atoms with Crippen LogP contribution < -0.4 is 11.5 Å². The first kappa shape index (κ1) is 11.7. The highest BCUT2D eigenvalue weighted by molar-refractivity contribution is 5.92. The van der Waals surface area contributed by atoms with E-state index in [4.69, 9.17) is 11.5 Å². The summed E-state index contributed by atoms with van der Waals surface area (Å²) in [6, 6.07) is 15.4. The molecule has 0 unspecified atom stereocenters. The maximum Gasteiger partial charge on any atom is 0.204 e. The van der Waals surface area contributed by atoms with Crippen LogP contribution in [0.15, 0.2) is 48.5 Å². The molecule has 0 atom stereocenters. The number of nitrogens with two attached hydrogens (primary N) is 2. The topological polar surface area (TPSA) is 95.1 Å². The highest BCUT2D eigenvalue weighted by atomic mass is 15.3. The molecule has 0 aliphatic rings. The molecule has 6 nitrogen and oxygen atoms in total. The minimum absolute atomic E-state index is 0.315. The normalized spacial score (nSPS) is 11.2. The van der Waals surface area contributed by atoms with Gasteiger partial charge < -0.3 is 11.5 Å². The zero-order chi connectivity index (χ0) is 14.4. The van der Waals surface area contributed by atoms with E-state index in [2.05, 4.69) is 15.2 Å². The summed E-state index contributed by atoms with van der Waals surface area (Å²) in [4.78, 5) is 4.34. The fourth-order valence-corrected chi connectivity index (χ4v) is 2.47. The minimum Gasteiger partial charge on any atom is -0.397 e. The third-order valence-corrected chi connectivity index (χ3v) is 3.44. The van der Waals surface area contributed by atoms with Crippen molar-refractivity contribution in [2.24, 2.45) is 0 Å². The van der Waals surface area contributed by atoms with Crippen molar-refractivity contribution in [3.8, 4) is 11.4 Å². The molecule has 2 heterocycles. The van der Waals surface area contributed by atoms with Gasteiger partial charge in [-0.05, 0) is 12.1 Å². The van der Waals surface area contributed by atoms with Crippen LogP contribution >= 0.6 is 0 Å². The predicted molar refractivity (Wildman–Crippen MR) is 82.5 cm³/mol. The van der Waals surface area contributed by atoms with E-state index in [0.29, 0.717) is 22.7 Å². The molecule has 0 aliphatic carbocycles. The Kier molecular flexibility index (Phi) is 2.32. The number of hydrogen-bond acceptors (Lipinski definition) is 5. The van der Waals surface area contributed by atoms with Gasteiger partial charge in [0, 0.05) is 5.56 Å². The molecule has 2 aromatic carbocycles. The second-order valence-electron chi connectivity index (χ2n) is 4.76. The van der Waals surface area contributed by atoms with Crippen LogP contribution in [0.1, 0.15) is 0 Å². The first-order valence-electron chi connectivity index (χ1n) is 6.50. The van der Waals surface area contributed by atoms with Gasteiger partial charge in [-0.1, -0.05) is 36.4 Å². The summed E-state index contributed by atoms with van der Waals surface area (Å²) in [6.07, 6.45) is 0. The molecule has 21 heavy (non-hydrogen) atoms. The van der Waals surface area contributed by atoms with E-state index in [1.54, 1.807) is 6.07 Å². The molecular weight excluding hydrogens is 264 g/mol. The minimum atomic E-state index is 0.315. The van der Waals surface area contributed by atoms with Crippen molar-refractivity contribution < 1.29 is 0 Å². The summed E-state index contributed by atoms with van der Waals surface area (Å²) in [5, 5.41) is 8.42. The van der Waals surface area contributed by atoms with Gasteiger partial charge in [0.05, 0.1) is 11.2 Å². The van der Waals surface area contributed by atoms with Crippen LogP contribution in [0.25, 0.3) is 28.1 Å². The molecule has 4 rings (SSSR count). The van der Waals surface area contributed by atoms with Gasteiger partial charge in [0.2, 0.25) is 5.65 Å². The standard InChI is InChI=1S/C15H12N6/c16-10-7-4-8-11-12(10)18-13(17)15-20-19-14(21(11)15)9-5-2-1-3-6-9/h1-8H,16H2,(H2,17,18). The highest BCUT2D eigenvalue weighted by Gasteiger charge is 2.15. The average Bonchev–Trinajstić information content (AvgIpc) is 2.95. The average molecular weight is 276 g/mol. The van der Waals surface area contributed by atoms with E-state index in [0.717, 1.165) is 16.9 Å². The molecule has 6 heteroatoms. The van der Waals surface area contributed by atoms with Gasteiger partial charge in [-0.15, -0.1) is 10.2 Å². The summed E-state index contributed by atoms with van der Waals surface area (Å²) < 4.78 is 1.89. The lowest BCUT2D eigenvalue weighted by molar-refractivity contribution is 1.12. The van der Waals surface area contributed by atoms with Crippen molar-refractivity contribution in [3.05, 3.63) is 48.5 Å². The van der Waals surface area contributed by atoms with E-state index in [9.17, 15) is 0 Å². The first-order chi connectivity index (χ1) is 10.3. The number of fused-ring (bicyclic) bond motifs is 3. The Morgan fingerprint density at radius 3 is 2.48 bits per heavy atom. The summed E-state index contributed by atoms with van der Waals surface area (Å²) >= 11 is 0. The van der Waals surface area contributed by atoms with Crippen LogP contribution in [0.5, 0.6) is 0 Å². The van der Waals surface area contributed by atoms with Crippen molar-refractivity contribution in [2.45, 2.75) is 0 Å². The maximum atomic E-state index is 6.00. The summed E-state index contributed by atoms with van der Waals surface area (Å²) in [5.41, 5.74) is 15.6. The molecule has 0 fully saturated rings. The Morgan fingerprint density at radius 2 is 1.67 bits per heavy atom. The molecule has 4 N–H and O–H groups in total. The van der Waals surface area contributed by atoms with Crippen molar-refractivity contribution in [1.29, 1.82) is 0 Å². The quantitative estimate of drug-likeness (QED) is 0.519. The van der Waals surface area contributed by atoms with Crippen LogP contribution in [0, 0.1) is 0 Å². The Balaban J connectivity index is 2.20. The number of hydrogen-bond donors (Lipinski definition) is 2. The number of para-hydroxylation sites is 1. The third-order valence-electron chi connectivity index (χ3n) is 3.44. The third kappa shape index (κ3) is 1.62. The van der Waals surface area contributed by atoms with E-state index < -0.39 is 0 Å². The van der Waals surface area contributed by atoms with Crippen LogP contribution in [0.3, 0.4) is 0 Å². The van der Waals surface area contributed by atoms with Crippen molar-refractivity contribution >= 4 is 28.2 Å². The lowest BCUT2D eigenvalue weighted by atomic mass is 10.2. The SMILES string of the molecule is Nc1cccc2c1nc(N)c1nnc(-c3ccccc3)n12. The van der Waals surface area contributed by atoms with Gasteiger partial charge in [-0.2, -0.15) is 0 Å². The number of benzene rings is 2. The van der Waals surface area contributed by atoms with Gasteiger partial charge >= 0.3 is 0 Å². The molecule has 2 aromatic heterocycles. The molecule has 0 aliphatic heterocycles. The second-order valence-corrected chi connectivity index (χ2v) is 4.76. The van der Waals surface area contributed by atoms with Gasteiger partial charge in [-0.3, -0.25) is 4.40 Å². The van der Waals surface area contributed by atoms with Crippen LogP contribution in [-0.4, -0.2) is 19.6 Å². The lowest BCUT2D eigenvalue weighted by Gasteiger charge is -2.07. The van der Waals surface area contributed by atoms with E-state index in [1.807, 2.05) is 46.9 Å². The summed E-state index contributed by atoms with van der Waals surface area (Å²) in [6.45, 7) is 0. The van der Waals surface area contributed by atoms with E-state index >= 15 is 0 Å². The van der Waals surface area contributed by atoms with Gasteiger partial charge in [0.15, 0.2) is 11.6 Å². The molecule has 0 radical (unpaired) electrons. The maximum absolute atomic E-state index is 6.00. The highest BCUT2D eigenvalue weighted by Crippen LogP contribution is 2.27. The number of aromatic nitrogens is 4. The molecule has 102 valence electrons. The number of anilines is 2. The summed E-state index contributed by atoms with van der Waals surface area (Å²) in [7, 11) is 0. The zero-order valence-corrected chi connectivity index (χ0v) is 11.1. The summed E-state index contributed by atoms with van der Waals surface area (Å²) in [5.74, 6) is 1.03. The number of rotatable bonds is 1. The smallest absolute Gasteiger partial charge is 0.204 e. The van der Waals surface area contributed by atoms with Crippen LogP contribution in [-0.2, 0) is 0 Å². The predicted octanol–water partition coefficient (Wildman–Crippen LogP) is 2.11. The number of nitrogens with zero attached hydrogens (tertiary/aromatic N) is 4. The van der Waals surface area contributed by atoms with Gasteiger partial charge in [-0.25, -0.2) is 4.98 Å². The lowest BCUT2D eigenvalue weighted by Crippen LogP contribution is -2.02. The Hall–Kier alpha value is -3.15. The number of nitrogen functional groups attached to an aromatic ring is 2. The Bertz CT molecular complexity index is 958. The first-order valence-corrected chi connectivity index (χ1v) is 6.50. The molecular formula is C15H12N6. The van der Waals surface area contributed by atoms with Gasteiger partial charge in [0.25, 0.3) is 0 Å². The van der Waals surface area contributed by atoms with Crippen LogP contribution in [0.2, 0.25) is 0 Å². The largest absolute Gasteiger partial charge is 0.397 e. The monoisotopic (exact) mass is 276 g/mol. The fraction of sp³-hybridized carbons (Fsp3) is 0. The molecule has 0 saturated carbocycles. The molecule has 0 spiro atoms. The van der Waals surface area contributed by atoms with Crippen molar-refractivity contribution in [3.63, 3.8) is 0 Å². The fourth-order valence-electron chi connectivity index (χ4n) is 2.47. The van der Waals surface area contributed by atoms with Gasteiger partial charge in [0.1, 0.15) is 5.52 Å².